The van der Waals surface area contributed by atoms with Gasteiger partial charge in [-0.1, -0.05) is 42.5 Å². The molecule has 3 aromatic carbocycles. The van der Waals surface area contributed by atoms with Crippen molar-refractivity contribution in [3.63, 3.8) is 0 Å². The van der Waals surface area contributed by atoms with E-state index >= 15 is 0 Å². The first-order valence-electron chi connectivity index (χ1n) is 6.77. The molecule has 0 fully saturated rings. The quantitative estimate of drug-likeness (QED) is 0.621. The Morgan fingerprint density at radius 1 is 0.905 bits per heavy atom. The minimum absolute atomic E-state index is 0.312. The maximum atomic E-state index is 9.42. The van der Waals surface area contributed by atoms with Gasteiger partial charge >= 0.3 is 0 Å². The third-order valence-corrected chi connectivity index (χ3v) is 7.52. The van der Waals surface area contributed by atoms with E-state index in [9.17, 15) is 5.11 Å². The molecule has 108 valence electrons. The average Bonchev–Trinajstić information content (AvgIpc) is 2.47. The molecule has 0 amide bonds. The lowest BCUT2D eigenvalue weighted by molar-refractivity contribution is 0.475. The molecule has 0 aliphatic rings. The summed E-state index contributed by atoms with van der Waals surface area (Å²) < 4.78 is 0. The minimum Gasteiger partial charge on any atom is -0.508 e. The first-order valence-corrected chi connectivity index (χ1v) is 10.8. The normalized spacial score (nSPS) is 15.5. The van der Waals surface area contributed by atoms with Gasteiger partial charge in [0.25, 0.3) is 0 Å². The summed E-state index contributed by atoms with van der Waals surface area (Å²) in [4.78, 5) is 1.24. The van der Waals surface area contributed by atoms with Crippen LogP contribution in [0, 0.1) is 0 Å². The Labute approximate surface area is 134 Å². The summed E-state index contributed by atoms with van der Waals surface area (Å²) in [6.07, 6.45) is 2.24. The molecule has 21 heavy (non-hydrogen) atoms. The van der Waals surface area contributed by atoms with Gasteiger partial charge < -0.3 is 5.11 Å². The van der Waals surface area contributed by atoms with Gasteiger partial charge in [0.1, 0.15) is 5.75 Å². The summed E-state index contributed by atoms with van der Waals surface area (Å²) >= 11 is 3.92. The van der Waals surface area contributed by atoms with Crippen molar-refractivity contribution in [2.45, 2.75) is 10.6 Å². The number of halogens is 1. The van der Waals surface area contributed by atoms with E-state index in [0.717, 1.165) is 5.75 Å². The predicted octanol–water partition coefficient (Wildman–Crippen LogP) is 5.85. The van der Waals surface area contributed by atoms with Crippen LogP contribution < -0.4 is 0 Å². The molecular formula is C18H17BrOS. The smallest absolute Gasteiger partial charge is 0.115 e. The van der Waals surface area contributed by atoms with Crippen LogP contribution in [0.3, 0.4) is 0 Å². The molecule has 0 bridgehead atoms. The highest BCUT2D eigenvalue weighted by Gasteiger charge is 2.18. The van der Waals surface area contributed by atoms with Gasteiger partial charge in [-0.05, 0) is 66.6 Å². The van der Waals surface area contributed by atoms with Gasteiger partial charge in [-0.25, -0.2) is 0 Å². The maximum Gasteiger partial charge on any atom is 0.115 e. The van der Waals surface area contributed by atoms with Crippen molar-refractivity contribution in [3.8, 4) is 5.75 Å². The minimum atomic E-state index is -1.10. The van der Waals surface area contributed by atoms with Gasteiger partial charge in [-0.3, -0.25) is 0 Å². The average molecular weight is 361 g/mol. The lowest BCUT2D eigenvalue weighted by Crippen LogP contribution is -1.95. The van der Waals surface area contributed by atoms with Crippen molar-refractivity contribution in [1.29, 1.82) is 0 Å². The molecule has 0 radical (unpaired) electrons. The van der Waals surface area contributed by atoms with Crippen LogP contribution in [-0.2, 0) is 5.75 Å². The van der Waals surface area contributed by atoms with Crippen LogP contribution in [0.25, 0.3) is 10.8 Å². The van der Waals surface area contributed by atoms with Gasteiger partial charge in [0.2, 0.25) is 0 Å². The number of aromatic hydroxyl groups is 1. The summed E-state index contributed by atoms with van der Waals surface area (Å²) in [6.45, 7) is 0. The van der Waals surface area contributed by atoms with Crippen molar-refractivity contribution in [1.82, 2.24) is 0 Å². The Morgan fingerprint density at radius 2 is 1.57 bits per heavy atom. The van der Waals surface area contributed by atoms with Crippen LogP contribution in [0.15, 0.2) is 71.6 Å². The summed E-state index contributed by atoms with van der Waals surface area (Å²) in [5, 5.41) is 12.0. The number of benzene rings is 3. The van der Waals surface area contributed by atoms with Crippen molar-refractivity contribution >= 4 is 34.0 Å². The summed E-state index contributed by atoms with van der Waals surface area (Å²) in [7, 11) is -1.10. The molecule has 0 aliphatic heterocycles. The number of hydrogen-bond acceptors (Lipinski definition) is 1. The Balaban J connectivity index is 1.91. The number of phenols is 1. The van der Waals surface area contributed by atoms with E-state index < -0.39 is 8.46 Å². The SMILES string of the molecule is CS(Br)(Cc1ccc2ccccc2c1)c1ccc(O)cc1. The highest BCUT2D eigenvalue weighted by Crippen LogP contribution is 2.62. The monoisotopic (exact) mass is 360 g/mol. The zero-order valence-corrected chi connectivity index (χ0v) is 14.2. The van der Waals surface area contributed by atoms with Crippen molar-refractivity contribution in [2.75, 3.05) is 6.26 Å². The molecule has 3 aromatic rings. The Kier molecular flexibility index (Phi) is 3.96. The van der Waals surface area contributed by atoms with E-state index in [2.05, 4.69) is 63.5 Å². The molecule has 3 rings (SSSR count). The molecule has 0 heterocycles. The van der Waals surface area contributed by atoms with Gasteiger partial charge in [-0.2, -0.15) is 8.46 Å². The second-order valence-electron chi connectivity index (χ2n) is 5.30. The van der Waals surface area contributed by atoms with Crippen LogP contribution in [0.5, 0.6) is 5.75 Å². The fourth-order valence-electron chi connectivity index (χ4n) is 2.45. The fraction of sp³-hybridized carbons (Fsp3) is 0.111. The van der Waals surface area contributed by atoms with E-state index in [1.807, 2.05) is 12.1 Å². The Hall–Kier alpha value is -1.45. The predicted molar refractivity (Wildman–Crippen MR) is 96.5 cm³/mol. The van der Waals surface area contributed by atoms with Gasteiger partial charge in [-0.15, -0.1) is 0 Å². The third kappa shape index (κ3) is 3.25. The lowest BCUT2D eigenvalue weighted by atomic mass is 10.1. The molecule has 1 atom stereocenters. The molecule has 1 unspecified atom stereocenters. The first-order chi connectivity index (χ1) is 10.0. The highest BCUT2D eigenvalue weighted by atomic mass is 79.9. The van der Waals surface area contributed by atoms with E-state index in [0.29, 0.717) is 5.75 Å². The molecule has 0 saturated heterocycles. The van der Waals surface area contributed by atoms with E-state index in [4.69, 9.17) is 0 Å². The zero-order valence-electron chi connectivity index (χ0n) is 11.8. The molecule has 0 aliphatic carbocycles. The standard InChI is InChI=1S/C18H17BrOS/c1-21(19,18-10-8-17(20)9-11-18)13-14-6-7-15-4-2-3-5-16(15)12-14/h2-12,20H,13H2,1H3. The molecular weight excluding hydrogens is 344 g/mol. The second-order valence-corrected chi connectivity index (χ2v) is 12.3. The van der Waals surface area contributed by atoms with Crippen LogP contribution in [0.1, 0.15) is 5.56 Å². The lowest BCUT2D eigenvalue weighted by Gasteiger charge is -2.29. The fourth-order valence-corrected chi connectivity index (χ4v) is 5.57. The van der Waals surface area contributed by atoms with E-state index in [-0.39, 0.29) is 0 Å². The zero-order chi connectivity index (χ0) is 14.9. The van der Waals surface area contributed by atoms with Crippen molar-refractivity contribution in [3.05, 3.63) is 72.3 Å². The Morgan fingerprint density at radius 3 is 2.29 bits per heavy atom. The largest absolute Gasteiger partial charge is 0.508 e. The number of fused-ring (bicyclic) bond motifs is 1. The van der Waals surface area contributed by atoms with Crippen LogP contribution in [0.2, 0.25) is 0 Å². The van der Waals surface area contributed by atoms with Crippen molar-refractivity contribution < 1.29 is 5.11 Å². The van der Waals surface area contributed by atoms with Gasteiger partial charge in [0.05, 0.1) is 0 Å². The molecule has 0 aromatic heterocycles. The second kappa shape index (κ2) is 5.74. The molecule has 1 nitrogen and oxygen atoms in total. The molecule has 1 N–H and O–H groups in total. The maximum absolute atomic E-state index is 9.42. The van der Waals surface area contributed by atoms with Crippen molar-refractivity contribution in [2.24, 2.45) is 0 Å². The molecule has 3 heteroatoms. The summed E-state index contributed by atoms with van der Waals surface area (Å²) in [5.74, 6) is 1.29. The summed E-state index contributed by atoms with van der Waals surface area (Å²) in [6, 6.07) is 22.6. The molecule has 0 saturated carbocycles. The number of rotatable bonds is 3. The first kappa shape index (κ1) is 14.5. The van der Waals surface area contributed by atoms with E-state index in [1.165, 1.54) is 21.2 Å². The van der Waals surface area contributed by atoms with Gasteiger partial charge in [0.15, 0.2) is 0 Å². The number of phenolic OH excluding ortho intramolecular Hbond substituents is 1. The third-order valence-electron chi connectivity index (χ3n) is 3.58. The highest BCUT2D eigenvalue weighted by molar-refractivity contribution is 9.58. The van der Waals surface area contributed by atoms with Crippen LogP contribution in [-0.4, -0.2) is 11.4 Å². The summed E-state index contributed by atoms with van der Waals surface area (Å²) in [5.41, 5.74) is 1.33. The Bertz CT molecular complexity index is 766. The van der Waals surface area contributed by atoms with Crippen LogP contribution >= 0.6 is 23.3 Å². The van der Waals surface area contributed by atoms with E-state index in [1.54, 1.807) is 12.1 Å². The molecule has 0 spiro atoms. The number of hydrogen-bond donors (Lipinski definition) is 1. The topological polar surface area (TPSA) is 20.2 Å². The van der Waals surface area contributed by atoms with Crippen LogP contribution in [0.4, 0.5) is 0 Å². The van der Waals surface area contributed by atoms with Gasteiger partial charge in [0, 0.05) is 5.75 Å².